The van der Waals surface area contributed by atoms with E-state index in [1.807, 2.05) is 29.2 Å². The summed E-state index contributed by atoms with van der Waals surface area (Å²) in [6.07, 6.45) is 2.95. The molecule has 3 aromatic rings. The van der Waals surface area contributed by atoms with Crippen LogP contribution in [0, 0.1) is 0 Å². The number of carbonyl (C=O) groups is 1. The Hall–Kier alpha value is -2.34. The number of likely N-dealkylation sites (tertiary alicyclic amines) is 1. The van der Waals surface area contributed by atoms with Crippen molar-refractivity contribution in [2.75, 3.05) is 13.1 Å². The number of aryl methyl sites for hydroxylation is 1. The van der Waals surface area contributed by atoms with Crippen LogP contribution in [0.4, 0.5) is 0 Å². The lowest BCUT2D eigenvalue weighted by Gasteiger charge is -2.31. The lowest BCUT2D eigenvalue weighted by molar-refractivity contribution is -0.132. The van der Waals surface area contributed by atoms with Crippen molar-refractivity contribution in [2.24, 2.45) is 0 Å². The minimum absolute atomic E-state index is 0.133. The van der Waals surface area contributed by atoms with Gasteiger partial charge in [-0.05, 0) is 25.0 Å². The molecule has 1 fully saturated rings. The van der Waals surface area contributed by atoms with Crippen LogP contribution in [-0.2, 0) is 11.2 Å². The smallest absolute Gasteiger partial charge is 0.223 e. The number of nitrogens with zero attached hydrogens (tertiary/aromatic N) is 3. The fourth-order valence-electron chi connectivity index (χ4n) is 3.39. The Balaban J connectivity index is 1.40. The third-order valence-electron chi connectivity index (χ3n) is 4.68. The third kappa shape index (κ3) is 3.54. The van der Waals surface area contributed by atoms with Crippen LogP contribution in [0.3, 0.4) is 0 Å². The van der Waals surface area contributed by atoms with E-state index in [1.165, 1.54) is 0 Å². The van der Waals surface area contributed by atoms with E-state index >= 15 is 0 Å². The van der Waals surface area contributed by atoms with Crippen LogP contribution < -0.4 is 0 Å². The van der Waals surface area contributed by atoms with Crippen LogP contribution >= 0.6 is 11.6 Å². The second-order valence-corrected chi connectivity index (χ2v) is 6.82. The van der Waals surface area contributed by atoms with Crippen molar-refractivity contribution in [3.8, 4) is 0 Å². The number of nitrogens with one attached hydrogen (secondary N) is 1. The van der Waals surface area contributed by atoms with E-state index in [-0.39, 0.29) is 11.8 Å². The molecule has 130 valence electrons. The van der Waals surface area contributed by atoms with Crippen LogP contribution in [0.25, 0.3) is 11.0 Å². The molecule has 0 bridgehead atoms. The summed E-state index contributed by atoms with van der Waals surface area (Å²) in [7, 11) is 0. The van der Waals surface area contributed by atoms with Gasteiger partial charge in [-0.3, -0.25) is 4.79 Å². The number of benzene rings is 1. The van der Waals surface area contributed by atoms with Gasteiger partial charge in [0.15, 0.2) is 5.15 Å². The van der Waals surface area contributed by atoms with Crippen molar-refractivity contribution in [1.82, 2.24) is 20.0 Å². The molecule has 1 saturated heterocycles. The van der Waals surface area contributed by atoms with Crippen molar-refractivity contribution in [3.63, 3.8) is 0 Å². The van der Waals surface area contributed by atoms with Crippen LogP contribution in [0.15, 0.2) is 34.9 Å². The van der Waals surface area contributed by atoms with Gasteiger partial charge in [0.2, 0.25) is 5.91 Å². The lowest BCUT2D eigenvalue weighted by atomic mass is 9.97. The number of aromatic nitrogens is 3. The second kappa shape index (κ2) is 6.88. The highest BCUT2D eigenvalue weighted by Gasteiger charge is 2.26. The molecular formula is C18H19ClN4O2. The molecule has 7 heteroatoms. The molecule has 1 amide bonds. The van der Waals surface area contributed by atoms with Crippen LogP contribution in [0.2, 0.25) is 5.15 Å². The van der Waals surface area contributed by atoms with E-state index < -0.39 is 0 Å². The molecule has 0 radical (unpaired) electrons. The molecule has 0 spiro atoms. The number of hydrogen-bond donors (Lipinski definition) is 1. The highest BCUT2D eigenvalue weighted by Crippen LogP contribution is 2.27. The largest absolute Gasteiger partial charge is 0.360 e. The summed E-state index contributed by atoms with van der Waals surface area (Å²) < 4.78 is 5.06. The number of fused-ring (bicyclic) bond motifs is 1. The summed E-state index contributed by atoms with van der Waals surface area (Å²) in [6.45, 7) is 1.50. The number of rotatable bonds is 4. The average molecular weight is 359 g/mol. The first-order chi connectivity index (χ1) is 12.2. The molecule has 3 heterocycles. The SMILES string of the molecule is O=C(CCc1cc(Cl)no1)N1CCC[C@H](c2nc3ccccc3[nH]2)C1. The summed E-state index contributed by atoms with van der Waals surface area (Å²) in [6, 6.07) is 9.67. The monoisotopic (exact) mass is 358 g/mol. The van der Waals surface area contributed by atoms with Gasteiger partial charge in [0.05, 0.1) is 11.0 Å². The van der Waals surface area contributed by atoms with E-state index in [9.17, 15) is 4.79 Å². The number of para-hydroxylation sites is 2. The van der Waals surface area contributed by atoms with Crippen molar-refractivity contribution < 1.29 is 9.32 Å². The fourth-order valence-corrected chi connectivity index (χ4v) is 3.54. The number of aromatic amines is 1. The molecule has 0 aliphatic carbocycles. The Kier molecular flexibility index (Phi) is 4.44. The molecular weight excluding hydrogens is 340 g/mol. The molecule has 1 atom stereocenters. The number of halogens is 1. The zero-order valence-corrected chi connectivity index (χ0v) is 14.5. The summed E-state index contributed by atoms with van der Waals surface area (Å²) >= 11 is 5.73. The summed E-state index contributed by atoms with van der Waals surface area (Å²) in [5.41, 5.74) is 2.02. The summed E-state index contributed by atoms with van der Waals surface area (Å²) in [5.74, 6) is 2.00. The van der Waals surface area contributed by atoms with E-state index in [0.717, 1.165) is 36.2 Å². The standard InChI is InChI=1S/C18H19ClN4O2/c19-16-10-13(25-22-16)7-8-17(24)23-9-3-4-12(11-23)18-20-14-5-1-2-6-15(14)21-18/h1-2,5-6,10,12H,3-4,7-9,11H2,(H,20,21)/t12-/m0/s1. The minimum atomic E-state index is 0.133. The maximum Gasteiger partial charge on any atom is 0.223 e. The Bertz CT molecular complexity index is 855. The van der Waals surface area contributed by atoms with Gasteiger partial charge < -0.3 is 14.4 Å². The normalized spacial score (nSPS) is 18.0. The fraction of sp³-hybridized carbons (Fsp3) is 0.389. The highest BCUT2D eigenvalue weighted by atomic mass is 35.5. The molecule has 0 unspecified atom stereocenters. The Labute approximate surface area is 150 Å². The molecule has 2 aromatic heterocycles. The van der Waals surface area contributed by atoms with E-state index in [0.29, 0.717) is 30.3 Å². The molecule has 0 saturated carbocycles. The minimum Gasteiger partial charge on any atom is -0.360 e. The van der Waals surface area contributed by atoms with Crippen LogP contribution in [-0.4, -0.2) is 39.0 Å². The molecule has 4 rings (SSSR count). The first-order valence-corrected chi connectivity index (χ1v) is 8.90. The Morgan fingerprint density at radius 3 is 3.08 bits per heavy atom. The molecule has 25 heavy (non-hydrogen) atoms. The van der Waals surface area contributed by atoms with Gasteiger partial charge in [-0.1, -0.05) is 28.9 Å². The number of H-pyrrole nitrogens is 1. The first kappa shape index (κ1) is 16.1. The van der Waals surface area contributed by atoms with Crippen LogP contribution in [0.1, 0.15) is 36.8 Å². The van der Waals surface area contributed by atoms with Gasteiger partial charge >= 0.3 is 0 Å². The van der Waals surface area contributed by atoms with Gasteiger partial charge in [-0.2, -0.15) is 0 Å². The highest BCUT2D eigenvalue weighted by molar-refractivity contribution is 6.29. The van der Waals surface area contributed by atoms with Crippen molar-refractivity contribution in [1.29, 1.82) is 0 Å². The first-order valence-electron chi connectivity index (χ1n) is 8.52. The molecule has 1 aromatic carbocycles. The zero-order chi connectivity index (χ0) is 17.2. The maximum absolute atomic E-state index is 12.5. The van der Waals surface area contributed by atoms with Gasteiger partial charge in [0.25, 0.3) is 0 Å². The van der Waals surface area contributed by atoms with E-state index in [4.69, 9.17) is 21.1 Å². The summed E-state index contributed by atoms with van der Waals surface area (Å²) in [4.78, 5) is 22.6. The number of hydrogen-bond acceptors (Lipinski definition) is 4. The van der Waals surface area contributed by atoms with Crippen molar-refractivity contribution in [2.45, 2.75) is 31.6 Å². The maximum atomic E-state index is 12.5. The molecule has 6 nitrogen and oxygen atoms in total. The number of imidazole rings is 1. The van der Waals surface area contributed by atoms with Crippen molar-refractivity contribution >= 4 is 28.5 Å². The lowest BCUT2D eigenvalue weighted by Crippen LogP contribution is -2.39. The molecule has 1 aliphatic rings. The molecule has 1 aliphatic heterocycles. The molecule has 1 N–H and O–H groups in total. The predicted molar refractivity (Wildman–Crippen MR) is 94.5 cm³/mol. The van der Waals surface area contributed by atoms with E-state index in [1.54, 1.807) is 6.07 Å². The topological polar surface area (TPSA) is 75.0 Å². The number of piperidine rings is 1. The van der Waals surface area contributed by atoms with Gasteiger partial charge in [0.1, 0.15) is 11.6 Å². The second-order valence-electron chi connectivity index (χ2n) is 6.43. The van der Waals surface area contributed by atoms with E-state index in [2.05, 4.69) is 10.1 Å². The Morgan fingerprint density at radius 1 is 1.40 bits per heavy atom. The predicted octanol–water partition coefficient (Wildman–Crippen LogP) is 3.54. The number of amides is 1. The van der Waals surface area contributed by atoms with Gasteiger partial charge in [-0.15, -0.1) is 0 Å². The van der Waals surface area contributed by atoms with Gasteiger partial charge in [-0.25, -0.2) is 4.98 Å². The zero-order valence-electron chi connectivity index (χ0n) is 13.7. The average Bonchev–Trinajstić information content (AvgIpc) is 3.25. The van der Waals surface area contributed by atoms with Crippen molar-refractivity contribution in [3.05, 3.63) is 47.1 Å². The van der Waals surface area contributed by atoms with Gasteiger partial charge in [0, 0.05) is 37.9 Å². The summed E-state index contributed by atoms with van der Waals surface area (Å²) in [5, 5.41) is 3.96. The van der Waals surface area contributed by atoms with Crippen LogP contribution in [0.5, 0.6) is 0 Å². The third-order valence-corrected chi connectivity index (χ3v) is 4.86. The quantitative estimate of drug-likeness (QED) is 0.774. The number of carbonyl (C=O) groups excluding carboxylic acids is 1. The Morgan fingerprint density at radius 2 is 2.28 bits per heavy atom.